The van der Waals surface area contributed by atoms with Crippen molar-refractivity contribution in [1.29, 1.82) is 0 Å². The molecule has 0 saturated carbocycles. The van der Waals surface area contributed by atoms with Gasteiger partial charge >= 0.3 is 0 Å². The van der Waals surface area contributed by atoms with Gasteiger partial charge in [0.1, 0.15) is 5.65 Å². The molecule has 0 saturated heterocycles. The zero-order valence-corrected chi connectivity index (χ0v) is 14.8. The van der Waals surface area contributed by atoms with Crippen LogP contribution in [0.15, 0.2) is 48.8 Å². The summed E-state index contributed by atoms with van der Waals surface area (Å²) in [7, 11) is -3.48. The lowest BCUT2D eigenvalue weighted by molar-refractivity contribution is 0.0951. The standard InChI is InChI=1S/C16H15ClN4O3S/c1-25(23,24)20-14-5-3-2-4-13(14)16(22)18-8-12-10-21-9-11(17)6-7-15(21)19-12/h2-7,9-10,20H,8H2,1H3,(H,18,22). The molecule has 7 nitrogen and oxygen atoms in total. The largest absolute Gasteiger partial charge is 0.346 e. The van der Waals surface area contributed by atoms with Gasteiger partial charge in [-0.05, 0) is 24.3 Å². The van der Waals surface area contributed by atoms with Crippen molar-refractivity contribution in [3.8, 4) is 0 Å². The fourth-order valence-corrected chi connectivity index (χ4v) is 3.08. The molecule has 0 radical (unpaired) electrons. The van der Waals surface area contributed by atoms with Crippen molar-refractivity contribution >= 4 is 38.9 Å². The molecule has 0 unspecified atom stereocenters. The van der Waals surface area contributed by atoms with Crippen molar-refractivity contribution in [1.82, 2.24) is 14.7 Å². The second-order valence-corrected chi connectivity index (χ2v) is 7.63. The minimum Gasteiger partial charge on any atom is -0.346 e. The van der Waals surface area contributed by atoms with Crippen molar-refractivity contribution in [2.75, 3.05) is 11.0 Å². The Bertz CT molecular complexity index is 1050. The number of carbonyl (C=O) groups excluding carboxylic acids is 1. The van der Waals surface area contributed by atoms with E-state index in [4.69, 9.17) is 11.6 Å². The Balaban J connectivity index is 1.76. The molecular formula is C16H15ClN4O3S. The van der Waals surface area contributed by atoms with E-state index < -0.39 is 15.9 Å². The number of fused-ring (bicyclic) bond motifs is 1. The lowest BCUT2D eigenvalue weighted by Gasteiger charge is -2.10. The van der Waals surface area contributed by atoms with Crippen molar-refractivity contribution < 1.29 is 13.2 Å². The van der Waals surface area contributed by atoms with E-state index in [-0.39, 0.29) is 17.8 Å². The molecule has 1 aromatic carbocycles. The molecule has 3 aromatic rings. The second-order valence-electron chi connectivity index (χ2n) is 5.45. The smallest absolute Gasteiger partial charge is 0.253 e. The molecule has 0 aliphatic heterocycles. The Morgan fingerprint density at radius 1 is 1.20 bits per heavy atom. The maximum atomic E-state index is 12.4. The van der Waals surface area contributed by atoms with Gasteiger partial charge in [-0.3, -0.25) is 9.52 Å². The molecule has 0 fully saturated rings. The van der Waals surface area contributed by atoms with Crippen LogP contribution < -0.4 is 10.0 Å². The molecule has 0 aliphatic rings. The number of benzene rings is 1. The van der Waals surface area contributed by atoms with Crippen LogP contribution in [0.4, 0.5) is 5.69 Å². The normalized spacial score (nSPS) is 11.4. The van der Waals surface area contributed by atoms with Gasteiger partial charge in [0.15, 0.2) is 0 Å². The first-order chi connectivity index (χ1) is 11.8. The first-order valence-electron chi connectivity index (χ1n) is 7.30. The van der Waals surface area contributed by atoms with Crippen LogP contribution in [0.25, 0.3) is 5.65 Å². The van der Waals surface area contributed by atoms with E-state index in [1.165, 1.54) is 6.07 Å². The van der Waals surface area contributed by atoms with Crippen LogP contribution in [0.5, 0.6) is 0 Å². The molecule has 0 spiro atoms. The van der Waals surface area contributed by atoms with E-state index >= 15 is 0 Å². The summed E-state index contributed by atoms with van der Waals surface area (Å²) >= 11 is 5.93. The maximum Gasteiger partial charge on any atom is 0.253 e. The highest BCUT2D eigenvalue weighted by Gasteiger charge is 2.14. The van der Waals surface area contributed by atoms with Gasteiger partial charge in [-0.1, -0.05) is 23.7 Å². The maximum absolute atomic E-state index is 12.4. The SMILES string of the molecule is CS(=O)(=O)Nc1ccccc1C(=O)NCc1cn2cc(Cl)ccc2n1. The number of pyridine rings is 1. The predicted octanol–water partition coefficient (Wildman–Crippen LogP) is 2.29. The molecule has 0 atom stereocenters. The lowest BCUT2D eigenvalue weighted by Crippen LogP contribution is -2.24. The van der Waals surface area contributed by atoms with Gasteiger partial charge in [-0.15, -0.1) is 0 Å². The molecule has 0 aliphatic carbocycles. The van der Waals surface area contributed by atoms with Crippen LogP contribution in [0.1, 0.15) is 16.1 Å². The number of amides is 1. The van der Waals surface area contributed by atoms with Crippen LogP contribution >= 0.6 is 11.6 Å². The average Bonchev–Trinajstić information content (AvgIpc) is 2.93. The molecule has 9 heteroatoms. The monoisotopic (exact) mass is 378 g/mol. The topological polar surface area (TPSA) is 92.6 Å². The second kappa shape index (κ2) is 6.73. The Labute approximate surface area is 149 Å². The highest BCUT2D eigenvalue weighted by molar-refractivity contribution is 7.92. The lowest BCUT2D eigenvalue weighted by atomic mass is 10.1. The third kappa shape index (κ3) is 4.28. The summed E-state index contributed by atoms with van der Waals surface area (Å²) in [6.45, 7) is 0.200. The van der Waals surface area contributed by atoms with Gasteiger partial charge in [0.25, 0.3) is 5.91 Å². The average molecular weight is 379 g/mol. The number of hydrogen-bond acceptors (Lipinski definition) is 4. The molecule has 2 N–H and O–H groups in total. The van der Waals surface area contributed by atoms with Crippen molar-refractivity contribution in [3.63, 3.8) is 0 Å². The Hall–Kier alpha value is -2.58. The van der Waals surface area contributed by atoms with Gasteiger partial charge < -0.3 is 9.72 Å². The van der Waals surface area contributed by atoms with Crippen LogP contribution in [0.2, 0.25) is 5.02 Å². The predicted molar refractivity (Wildman–Crippen MR) is 96.3 cm³/mol. The Morgan fingerprint density at radius 2 is 1.96 bits per heavy atom. The molecule has 130 valence electrons. The summed E-state index contributed by atoms with van der Waals surface area (Å²) in [5, 5.41) is 3.32. The van der Waals surface area contributed by atoms with Crippen molar-refractivity contribution in [3.05, 3.63) is 65.1 Å². The first-order valence-corrected chi connectivity index (χ1v) is 9.57. The Kier molecular flexibility index (Phi) is 4.65. The van der Waals surface area contributed by atoms with Gasteiger partial charge in [0.2, 0.25) is 10.0 Å². The summed E-state index contributed by atoms with van der Waals surface area (Å²) < 4.78 is 26.9. The van der Waals surface area contributed by atoms with Crippen LogP contribution in [-0.2, 0) is 16.6 Å². The van der Waals surface area contributed by atoms with Gasteiger partial charge in [-0.2, -0.15) is 0 Å². The Morgan fingerprint density at radius 3 is 2.72 bits per heavy atom. The number of carbonyl (C=O) groups is 1. The summed E-state index contributed by atoms with van der Waals surface area (Å²) in [5.41, 5.74) is 1.83. The third-order valence-electron chi connectivity index (χ3n) is 3.36. The first kappa shape index (κ1) is 17.2. The number of imidazole rings is 1. The number of para-hydroxylation sites is 1. The number of nitrogens with one attached hydrogen (secondary N) is 2. The zero-order chi connectivity index (χ0) is 18.0. The summed E-state index contributed by atoms with van der Waals surface area (Å²) in [6, 6.07) is 9.90. The minimum atomic E-state index is -3.48. The quantitative estimate of drug-likeness (QED) is 0.712. The highest BCUT2D eigenvalue weighted by Crippen LogP contribution is 2.16. The van der Waals surface area contributed by atoms with E-state index in [0.717, 1.165) is 6.26 Å². The van der Waals surface area contributed by atoms with Crippen LogP contribution in [0, 0.1) is 0 Å². The van der Waals surface area contributed by atoms with E-state index in [1.54, 1.807) is 47.1 Å². The summed E-state index contributed by atoms with van der Waals surface area (Å²) in [6.07, 6.45) is 4.52. The van der Waals surface area contributed by atoms with Gasteiger partial charge in [-0.25, -0.2) is 13.4 Å². The number of aromatic nitrogens is 2. The minimum absolute atomic E-state index is 0.200. The van der Waals surface area contributed by atoms with Gasteiger partial charge in [0.05, 0.1) is 34.8 Å². The highest BCUT2D eigenvalue weighted by atomic mass is 35.5. The van der Waals surface area contributed by atoms with Crippen molar-refractivity contribution in [2.24, 2.45) is 0 Å². The fourth-order valence-electron chi connectivity index (χ4n) is 2.34. The zero-order valence-electron chi connectivity index (χ0n) is 13.2. The number of rotatable bonds is 5. The van der Waals surface area contributed by atoms with Crippen LogP contribution in [0.3, 0.4) is 0 Å². The summed E-state index contributed by atoms with van der Waals surface area (Å²) in [4.78, 5) is 16.8. The van der Waals surface area contributed by atoms with Crippen molar-refractivity contribution in [2.45, 2.75) is 6.54 Å². The summed E-state index contributed by atoms with van der Waals surface area (Å²) in [5.74, 6) is -0.401. The van der Waals surface area contributed by atoms with Gasteiger partial charge in [0, 0.05) is 12.4 Å². The molecular weight excluding hydrogens is 364 g/mol. The number of nitrogens with zero attached hydrogens (tertiary/aromatic N) is 2. The van der Waals surface area contributed by atoms with E-state index in [0.29, 0.717) is 16.4 Å². The molecule has 2 aromatic heterocycles. The van der Waals surface area contributed by atoms with E-state index in [9.17, 15) is 13.2 Å². The fraction of sp³-hybridized carbons (Fsp3) is 0.125. The number of hydrogen-bond donors (Lipinski definition) is 2. The van der Waals surface area contributed by atoms with Crippen LogP contribution in [-0.4, -0.2) is 30.0 Å². The number of sulfonamides is 1. The molecule has 2 heterocycles. The molecule has 3 rings (SSSR count). The number of anilines is 1. The molecule has 0 bridgehead atoms. The third-order valence-corrected chi connectivity index (χ3v) is 4.18. The molecule has 1 amide bonds. The molecule has 25 heavy (non-hydrogen) atoms. The van der Waals surface area contributed by atoms with E-state index in [2.05, 4.69) is 15.0 Å². The number of halogens is 1. The van der Waals surface area contributed by atoms with E-state index in [1.807, 2.05) is 0 Å².